The quantitative estimate of drug-likeness (QED) is 0.878. The highest BCUT2D eigenvalue weighted by molar-refractivity contribution is 5.74. The van der Waals surface area contributed by atoms with E-state index in [0.29, 0.717) is 32.7 Å². The van der Waals surface area contributed by atoms with E-state index in [1.54, 1.807) is 11.0 Å². The van der Waals surface area contributed by atoms with Crippen LogP contribution in [0.15, 0.2) is 18.3 Å². The Bertz CT molecular complexity index is 796. The summed E-state index contributed by atoms with van der Waals surface area (Å²) in [6.45, 7) is 6.71. The van der Waals surface area contributed by atoms with Gasteiger partial charge in [0.05, 0.1) is 0 Å². The fourth-order valence-corrected chi connectivity index (χ4v) is 3.14. The zero-order valence-electron chi connectivity index (χ0n) is 15.3. The van der Waals surface area contributed by atoms with Crippen molar-refractivity contribution in [2.24, 2.45) is 0 Å². The molecule has 1 fully saturated rings. The second-order valence-corrected chi connectivity index (χ2v) is 6.86. The normalized spacial score (nSPS) is 16.3. The number of amides is 2. The highest BCUT2D eigenvalue weighted by Gasteiger charge is 2.38. The summed E-state index contributed by atoms with van der Waals surface area (Å²) in [5.41, 5.74) is 0.472. The molecular weight excluding hydrogens is 361 g/mol. The van der Waals surface area contributed by atoms with Crippen molar-refractivity contribution in [3.05, 3.63) is 24.2 Å². The lowest BCUT2D eigenvalue weighted by Crippen LogP contribution is -2.53. The maximum Gasteiger partial charge on any atom is 0.449 e. The van der Waals surface area contributed by atoms with Gasteiger partial charge in [-0.2, -0.15) is 13.2 Å². The van der Waals surface area contributed by atoms with E-state index in [9.17, 15) is 18.0 Å². The third-order valence-corrected chi connectivity index (χ3v) is 4.47. The van der Waals surface area contributed by atoms with E-state index in [0.717, 1.165) is 4.57 Å². The largest absolute Gasteiger partial charge is 0.449 e. The van der Waals surface area contributed by atoms with Crippen molar-refractivity contribution >= 4 is 17.2 Å². The number of fused-ring (bicyclic) bond motifs is 1. The summed E-state index contributed by atoms with van der Waals surface area (Å²) in [7, 11) is 0. The number of carbonyl (C=O) groups is 1. The van der Waals surface area contributed by atoms with Crippen LogP contribution in [0.5, 0.6) is 0 Å². The summed E-state index contributed by atoms with van der Waals surface area (Å²) >= 11 is 0. The number of urea groups is 1. The van der Waals surface area contributed by atoms with Gasteiger partial charge in [0.15, 0.2) is 5.65 Å². The number of hydrogen-bond donors (Lipinski definition) is 1. The van der Waals surface area contributed by atoms with Crippen molar-refractivity contribution in [3.63, 3.8) is 0 Å². The van der Waals surface area contributed by atoms with Gasteiger partial charge in [0.25, 0.3) is 0 Å². The highest BCUT2D eigenvalue weighted by atomic mass is 19.4. The summed E-state index contributed by atoms with van der Waals surface area (Å²) in [5.74, 6) is -0.925. The molecule has 0 radical (unpaired) electrons. The molecule has 0 aliphatic carbocycles. The van der Waals surface area contributed by atoms with Crippen molar-refractivity contribution in [2.45, 2.75) is 32.6 Å². The minimum absolute atomic E-state index is 0.0679. The first-order valence-electron chi connectivity index (χ1n) is 8.92. The molecule has 0 atom stereocenters. The molecule has 1 aliphatic heterocycles. The van der Waals surface area contributed by atoms with Crippen molar-refractivity contribution in [1.29, 1.82) is 0 Å². The number of imidazole rings is 1. The maximum atomic E-state index is 13.3. The van der Waals surface area contributed by atoms with E-state index in [4.69, 9.17) is 0 Å². The lowest BCUT2D eigenvalue weighted by atomic mass is 10.3. The zero-order chi connectivity index (χ0) is 19.6. The molecule has 2 amide bonds. The average Bonchev–Trinajstić information content (AvgIpc) is 2.99. The molecule has 27 heavy (non-hydrogen) atoms. The van der Waals surface area contributed by atoms with Crippen LogP contribution < -0.4 is 5.32 Å². The minimum atomic E-state index is -4.53. The van der Waals surface area contributed by atoms with Gasteiger partial charge in [-0.1, -0.05) is 0 Å². The van der Waals surface area contributed by atoms with Crippen molar-refractivity contribution in [2.75, 3.05) is 32.7 Å². The van der Waals surface area contributed by atoms with Gasteiger partial charge < -0.3 is 14.8 Å². The number of halogens is 3. The van der Waals surface area contributed by atoms with E-state index in [2.05, 4.69) is 15.3 Å². The van der Waals surface area contributed by atoms with E-state index in [1.807, 2.05) is 18.7 Å². The summed E-state index contributed by atoms with van der Waals surface area (Å²) in [5, 5.41) is 2.85. The molecule has 148 valence electrons. The third-order valence-electron chi connectivity index (χ3n) is 4.47. The fraction of sp³-hybridized carbons (Fsp3) is 0.588. The van der Waals surface area contributed by atoms with Crippen LogP contribution in [-0.4, -0.2) is 69.1 Å². The van der Waals surface area contributed by atoms with Gasteiger partial charge in [0.1, 0.15) is 5.52 Å². The Hall–Kier alpha value is -2.36. The SMILES string of the molecule is CC(C)NC(=O)N1CCN(CCn2c(C(F)(F)F)nc3cccnc32)CC1. The molecule has 7 nitrogen and oxygen atoms in total. The Morgan fingerprint density at radius 2 is 1.93 bits per heavy atom. The summed E-state index contributed by atoms with van der Waals surface area (Å²) < 4.78 is 41.1. The number of nitrogens with zero attached hydrogens (tertiary/aromatic N) is 5. The number of pyridine rings is 1. The zero-order valence-corrected chi connectivity index (χ0v) is 15.3. The molecule has 0 unspecified atom stereocenters. The van der Waals surface area contributed by atoms with E-state index >= 15 is 0 Å². The van der Waals surface area contributed by atoms with Crippen LogP contribution >= 0.6 is 0 Å². The minimum Gasteiger partial charge on any atom is -0.336 e. The molecule has 0 saturated carbocycles. The molecule has 2 aromatic heterocycles. The monoisotopic (exact) mass is 384 g/mol. The van der Waals surface area contributed by atoms with Crippen LogP contribution in [0.2, 0.25) is 0 Å². The summed E-state index contributed by atoms with van der Waals surface area (Å²) in [6.07, 6.45) is -3.07. The number of alkyl halides is 3. The predicted molar refractivity (Wildman–Crippen MR) is 94.2 cm³/mol. The topological polar surface area (TPSA) is 66.3 Å². The van der Waals surface area contributed by atoms with E-state index in [-0.39, 0.29) is 29.8 Å². The van der Waals surface area contributed by atoms with Gasteiger partial charge in [-0.3, -0.25) is 4.90 Å². The molecule has 1 aliphatic rings. The van der Waals surface area contributed by atoms with Crippen LogP contribution in [0, 0.1) is 0 Å². The molecule has 0 aromatic carbocycles. The van der Waals surface area contributed by atoms with Crippen LogP contribution in [0.4, 0.5) is 18.0 Å². The first-order valence-corrected chi connectivity index (χ1v) is 8.92. The number of hydrogen-bond acceptors (Lipinski definition) is 4. The van der Waals surface area contributed by atoms with Crippen LogP contribution in [0.25, 0.3) is 11.2 Å². The average molecular weight is 384 g/mol. The number of nitrogens with one attached hydrogen (secondary N) is 1. The molecule has 0 bridgehead atoms. The van der Waals surface area contributed by atoms with Gasteiger partial charge in [-0.25, -0.2) is 14.8 Å². The number of rotatable bonds is 4. The van der Waals surface area contributed by atoms with Crippen molar-refractivity contribution < 1.29 is 18.0 Å². The predicted octanol–water partition coefficient (Wildman–Crippen LogP) is 2.19. The smallest absolute Gasteiger partial charge is 0.336 e. The Kier molecular flexibility index (Phi) is 5.54. The lowest BCUT2D eigenvalue weighted by molar-refractivity contribution is -0.147. The number of aromatic nitrogens is 3. The molecule has 1 N–H and O–H groups in total. The molecule has 1 saturated heterocycles. The molecule has 10 heteroatoms. The lowest BCUT2D eigenvalue weighted by Gasteiger charge is -2.35. The maximum absolute atomic E-state index is 13.3. The van der Waals surface area contributed by atoms with Crippen molar-refractivity contribution in [3.8, 4) is 0 Å². The Balaban J connectivity index is 1.64. The van der Waals surface area contributed by atoms with Crippen LogP contribution in [0.3, 0.4) is 0 Å². The van der Waals surface area contributed by atoms with Crippen LogP contribution in [0.1, 0.15) is 19.7 Å². The molecule has 3 heterocycles. The summed E-state index contributed by atoms with van der Waals surface area (Å²) in [4.78, 5) is 23.6. The van der Waals surface area contributed by atoms with Crippen LogP contribution in [-0.2, 0) is 12.7 Å². The fourth-order valence-electron chi connectivity index (χ4n) is 3.14. The Labute approximate surface area is 155 Å². The van der Waals surface area contributed by atoms with Gasteiger partial charge in [-0.05, 0) is 26.0 Å². The van der Waals surface area contributed by atoms with Gasteiger partial charge >= 0.3 is 12.2 Å². The summed E-state index contributed by atoms with van der Waals surface area (Å²) in [6, 6.07) is 3.06. The van der Waals surface area contributed by atoms with Gasteiger partial charge in [0.2, 0.25) is 5.82 Å². The second-order valence-electron chi connectivity index (χ2n) is 6.86. The third kappa shape index (κ3) is 4.49. The van der Waals surface area contributed by atoms with Gasteiger partial charge in [0, 0.05) is 51.5 Å². The second kappa shape index (κ2) is 7.71. The first kappa shape index (κ1) is 19.4. The van der Waals surface area contributed by atoms with Crippen molar-refractivity contribution in [1.82, 2.24) is 29.7 Å². The molecular formula is C17H23F3N6O. The molecule has 2 aromatic rings. The number of piperazine rings is 1. The Morgan fingerprint density at radius 3 is 2.56 bits per heavy atom. The highest BCUT2D eigenvalue weighted by Crippen LogP contribution is 2.30. The molecule has 0 spiro atoms. The first-order chi connectivity index (χ1) is 12.8. The van der Waals surface area contributed by atoms with E-state index in [1.165, 1.54) is 12.3 Å². The molecule has 3 rings (SSSR count). The van der Waals surface area contributed by atoms with E-state index < -0.39 is 12.0 Å². The number of carbonyl (C=O) groups excluding carboxylic acids is 1. The van der Waals surface area contributed by atoms with Gasteiger partial charge in [-0.15, -0.1) is 0 Å². The Morgan fingerprint density at radius 1 is 1.22 bits per heavy atom. The standard InChI is InChI=1S/C17H23F3N6O/c1-12(2)22-16(27)25-9-6-24(7-10-25)8-11-26-14-13(4-3-5-21-14)23-15(26)17(18,19)20/h3-5,12H,6-11H2,1-2H3,(H,22,27).